The van der Waals surface area contributed by atoms with Crippen LogP contribution in [0.4, 0.5) is 13.2 Å². The number of halogens is 3. The Balaban J connectivity index is 2.03. The van der Waals surface area contributed by atoms with Crippen LogP contribution in [0.2, 0.25) is 0 Å². The Morgan fingerprint density at radius 1 is 1.07 bits per heavy atom. The lowest BCUT2D eigenvalue weighted by Crippen LogP contribution is -2.12. The summed E-state index contributed by atoms with van der Waals surface area (Å²) < 4.78 is 41.4. The maximum Gasteiger partial charge on any atom is 0.150 e. The molecule has 2 nitrogen and oxygen atoms in total. The molecule has 142 valence electrons. The molecular formula is C22H23F3N2. The standard InChI is InChI=1S/C22H23F3N2/c1-3-14(10-11-26-2)4-9-18-19-12-17(24)13-20(25)22(19)27-21(18)15-5-7-16(23)8-6-15/h3,5-8,12-14,26-27H,1,4,9-11H2,2H3. The van der Waals surface area contributed by atoms with Gasteiger partial charge in [0.05, 0.1) is 5.52 Å². The zero-order valence-corrected chi connectivity index (χ0v) is 15.3. The van der Waals surface area contributed by atoms with Crippen LogP contribution in [0.1, 0.15) is 18.4 Å². The Morgan fingerprint density at radius 2 is 1.81 bits per heavy atom. The first-order chi connectivity index (χ1) is 13.0. The fraction of sp³-hybridized carbons (Fsp3) is 0.273. The summed E-state index contributed by atoms with van der Waals surface area (Å²) in [6.07, 6.45) is 4.31. The molecule has 3 rings (SSSR count). The second kappa shape index (κ2) is 8.44. The molecule has 0 spiro atoms. The number of nitrogens with one attached hydrogen (secondary N) is 2. The van der Waals surface area contributed by atoms with Crippen LogP contribution < -0.4 is 5.32 Å². The summed E-state index contributed by atoms with van der Waals surface area (Å²) in [4.78, 5) is 3.08. The van der Waals surface area contributed by atoms with Crippen molar-refractivity contribution in [3.8, 4) is 11.3 Å². The van der Waals surface area contributed by atoms with Crippen molar-refractivity contribution in [2.45, 2.75) is 19.3 Å². The molecule has 0 aliphatic carbocycles. The molecule has 2 N–H and O–H groups in total. The first-order valence-corrected chi connectivity index (χ1v) is 9.06. The number of aromatic amines is 1. The minimum absolute atomic E-state index is 0.274. The number of aromatic nitrogens is 1. The number of hydrogen-bond donors (Lipinski definition) is 2. The van der Waals surface area contributed by atoms with Crippen molar-refractivity contribution in [2.24, 2.45) is 5.92 Å². The van der Waals surface area contributed by atoms with Crippen molar-refractivity contribution in [1.82, 2.24) is 10.3 Å². The van der Waals surface area contributed by atoms with E-state index in [4.69, 9.17) is 0 Å². The maximum atomic E-state index is 14.3. The van der Waals surface area contributed by atoms with E-state index in [0.717, 1.165) is 36.6 Å². The van der Waals surface area contributed by atoms with Gasteiger partial charge in [-0.3, -0.25) is 0 Å². The molecule has 0 saturated heterocycles. The van der Waals surface area contributed by atoms with Gasteiger partial charge in [0.1, 0.15) is 17.5 Å². The van der Waals surface area contributed by atoms with Crippen LogP contribution in [-0.4, -0.2) is 18.6 Å². The Morgan fingerprint density at radius 3 is 2.48 bits per heavy atom. The topological polar surface area (TPSA) is 27.8 Å². The van der Waals surface area contributed by atoms with E-state index in [1.165, 1.54) is 18.2 Å². The summed E-state index contributed by atoms with van der Waals surface area (Å²) in [6, 6.07) is 8.24. The highest BCUT2D eigenvalue weighted by molar-refractivity contribution is 5.91. The fourth-order valence-electron chi connectivity index (χ4n) is 3.44. The van der Waals surface area contributed by atoms with Crippen LogP contribution in [0.3, 0.4) is 0 Å². The van der Waals surface area contributed by atoms with E-state index in [9.17, 15) is 13.2 Å². The van der Waals surface area contributed by atoms with E-state index in [2.05, 4.69) is 16.9 Å². The predicted molar refractivity (Wildman–Crippen MR) is 104 cm³/mol. The molecule has 0 saturated carbocycles. The molecule has 0 radical (unpaired) electrons. The highest BCUT2D eigenvalue weighted by Gasteiger charge is 2.18. The second-order valence-electron chi connectivity index (χ2n) is 6.72. The Bertz CT molecular complexity index is 929. The molecule has 3 aromatic rings. The van der Waals surface area contributed by atoms with E-state index >= 15 is 0 Å². The number of rotatable bonds is 8. The lowest BCUT2D eigenvalue weighted by molar-refractivity contribution is 0.530. The SMILES string of the molecule is C=CC(CCNC)CCc1c(-c2ccc(F)cc2)[nH]c2c(F)cc(F)cc12. The van der Waals surface area contributed by atoms with Crippen LogP contribution >= 0.6 is 0 Å². The Kier molecular flexibility index (Phi) is 6.01. The quantitative estimate of drug-likeness (QED) is 0.495. The first kappa shape index (κ1) is 19.2. The molecule has 0 bridgehead atoms. The Hall–Kier alpha value is -2.53. The van der Waals surface area contributed by atoms with Crippen molar-refractivity contribution < 1.29 is 13.2 Å². The minimum atomic E-state index is -0.630. The van der Waals surface area contributed by atoms with Crippen LogP contribution in [0.25, 0.3) is 22.2 Å². The number of allylic oxidation sites excluding steroid dienone is 1. The zero-order valence-electron chi connectivity index (χ0n) is 15.3. The molecule has 5 heteroatoms. The molecule has 1 atom stereocenters. The summed E-state index contributed by atoms with van der Waals surface area (Å²) in [5, 5.41) is 3.65. The molecule has 0 fully saturated rings. The molecule has 0 aliphatic heterocycles. The molecule has 1 aromatic heterocycles. The van der Waals surface area contributed by atoms with Crippen molar-refractivity contribution >= 4 is 10.9 Å². The number of H-pyrrole nitrogens is 1. The minimum Gasteiger partial charge on any atom is -0.352 e. The van der Waals surface area contributed by atoms with E-state index < -0.39 is 11.6 Å². The lowest BCUT2D eigenvalue weighted by Gasteiger charge is -2.13. The van der Waals surface area contributed by atoms with Gasteiger partial charge in [0.25, 0.3) is 0 Å². The number of fused-ring (bicyclic) bond motifs is 1. The lowest BCUT2D eigenvalue weighted by atomic mass is 9.93. The molecule has 27 heavy (non-hydrogen) atoms. The highest BCUT2D eigenvalue weighted by Crippen LogP contribution is 2.34. The van der Waals surface area contributed by atoms with Gasteiger partial charge in [-0.25, -0.2) is 13.2 Å². The van der Waals surface area contributed by atoms with E-state index in [1.54, 1.807) is 12.1 Å². The molecule has 0 aliphatic rings. The largest absolute Gasteiger partial charge is 0.352 e. The summed E-state index contributed by atoms with van der Waals surface area (Å²) in [5.74, 6) is -1.29. The van der Waals surface area contributed by atoms with Gasteiger partial charge in [-0.1, -0.05) is 6.08 Å². The fourth-order valence-corrected chi connectivity index (χ4v) is 3.44. The summed E-state index contributed by atoms with van der Waals surface area (Å²) in [6.45, 7) is 4.77. The molecule has 2 aromatic carbocycles. The molecule has 1 unspecified atom stereocenters. The number of aryl methyl sites for hydroxylation is 1. The summed E-state index contributed by atoms with van der Waals surface area (Å²) in [7, 11) is 1.90. The van der Waals surface area contributed by atoms with Gasteiger partial charge in [0.15, 0.2) is 0 Å². The van der Waals surface area contributed by atoms with Crippen LogP contribution in [0, 0.1) is 23.4 Å². The third-order valence-corrected chi connectivity index (χ3v) is 4.93. The van der Waals surface area contributed by atoms with Crippen LogP contribution in [0.5, 0.6) is 0 Å². The van der Waals surface area contributed by atoms with Gasteiger partial charge in [0.2, 0.25) is 0 Å². The first-order valence-electron chi connectivity index (χ1n) is 9.06. The van der Waals surface area contributed by atoms with Crippen molar-refractivity contribution in [3.05, 3.63) is 72.1 Å². The third kappa shape index (κ3) is 4.25. The highest BCUT2D eigenvalue weighted by atomic mass is 19.1. The number of hydrogen-bond acceptors (Lipinski definition) is 1. The van der Waals surface area contributed by atoms with Crippen molar-refractivity contribution in [1.29, 1.82) is 0 Å². The van der Waals surface area contributed by atoms with E-state index in [0.29, 0.717) is 23.4 Å². The average Bonchev–Trinajstić information content (AvgIpc) is 3.01. The van der Waals surface area contributed by atoms with Gasteiger partial charge in [0, 0.05) is 17.1 Å². The van der Waals surface area contributed by atoms with Crippen molar-refractivity contribution in [3.63, 3.8) is 0 Å². The third-order valence-electron chi connectivity index (χ3n) is 4.93. The van der Waals surface area contributed by atoms with E-state index in [1.807, 2.05) is 13.1 Å². The predicted octanol–water partition coefficient (Wildman–Crippen LogP) is 5.60. The van der Waals surface area contributed by atoms with Gasteiger partial charge in [-0.2, -0.15) is 0 Å². The van der Waals surface area contributed by atoms with Gasteiger partial charge in [-0.05, 0) is 80.2 Å². The van der Waals surface area contributed by atoms with E-state index in [-0.39, 0.29) is 11.3 Å². The van der Waals surface area contributed by atoms with Crippen LogP contribution in [-0.2, 0) is 6.42 Å². The summed E-state index contributed by atoms with van der Waals surface area (Å²) >= 11 is 0. The monoisotopic (exact) mass is 372 g/mol. The number of benzene rings is 2. The summed E-state index contributed by atoms with van der Waals surface area (Å²) in [5.41, 5.74) is 2.56. The molecular weight excluding hydrogens is 349 g/mol. The maximum absolute atomic E-state index is 14.3. The molecule has 0 amide bonds. The van der Waals surface area contributed by atoms with Crippen molar-refractivity contribution in [2.75, 3.05) is 13.6 Å². The zero-order chi connectivity index (χ0) is 19.4. The smallest absolute Gasteiger partial charge is 0.150 e. The van der Waals surface area contributed by atoms with Gasteiger partial charge in [-0.15, -0.1) is 6.58 Å². The average molecular weight is 372 g/mol. The molecule has 1 heterocycles. The van der Waals surface area contributed by atoms with Gasteiger partial charge < -0.3 is 10.3 Å². The second-order valence-corrected chi connectivity index (χ2v) is 6.72. The van der Waals surface area contributed by atoms with Gasteiger partial charge >= 0.3 is 0 Å². The normalized spacial score (nSPS) is 12.4. The Labute approximate surface area is 157 Å². The van der Waals surface area contributed by atoms with Crippen LogP contribution in [0.15, 0.2) is 49.1 Å².